The molecule has 0 radical (unpaired) electrons. The van der Waals surface area contributed by atoms with Gasteiger partial charge in [-0.25, -0.2) is 0 Å². The van der Waals surface area contributed by atoms with E-state index in [1.165, 1.54) is 5.57 Å². The molecule has 6 rings (SSSR count). The Labute approximate surface area is 225 Å². The summed E-state index contributed by atoms with van der Waals surface area (Å²) in [5.41, 5.74) is 4.28. The fourth-order valence-corrected chi connectivity index (χ4v) is 8.70. The Morgan fingerprint density at radius 1 is 1.00 bits per heavy atom. The van der Waals surface area contributed by atoms with Gasteiger partial charge in [-0.15, -0.1) is 0 Å². The van der Waals surface area contributed by atoms with Crippen LogP contribution in [0.4, 0.5) is 0 Å². The average Bonchev–Trinajstić information content (AvgIpc) is 3.22. The number of hydrogen-bond donors (Lipinski definition) is 2. The van der Waals surface area contributed by atoms with E-state index in [1.54, 1.807) is 6.08 Å². The van der Waals surface area contributed by atoms with E-state index in [2.05, 4.69) is 37.3 Å². The lowest BCUT2D eigenvalue weighted by Gasteiger charge is -2.55. The molecule has 0 spiro atoms. The summed E-state index contributed by atoms with van der Waals surface area (Å²) in [6, 6.07) is 18.2. The predicted molar refractivity (Wildman–Crippen MR) is 148 cm³/mol. The number of allylic oxidation sites excluding steroid dienone is 1. The zero-order chi connectivity index (χ0) is 26.5. The van der Waals surface area contributed by atoms with Gasteiger partial charge in [-0.3, -0.25) is 4.79 Å². The van der Waals surface area contributed by atoms with Crippen molar-refractivity contribution >= 4 is 5.78 Å². The molecule has 0 bridgehead atoms. The maximum absolute atomic E-state index is 13.3. The Bertz CT molecular complexity index is 1320. The van der Waals surface area contributed by atoms with E-state index in [9.17, 15) is 15.0 Å². The lowest BCUT2D eigenvalue weighted by Crippen LogP contribution is -2.52. The molecule has 0 aromatic heterocycles. The van der Waals surface area contributed by atoms with Gasteiger partial charge < -0.3 is 10.2 Å². The number of carbonyl (C=O) groups is 1. The fraction of sp³-hybridized carbons (Fsp3) is 0.471. The van der Waals surface area contributed by atoms with Gasteiger partial charge in [0.2, 0.25) is 0 Å². The van der Waals surface area contributed by atoms with E-state index in [0.29, 0.717) is 29.2 Å². The molecule has 2 aromatic carbocycles. The van der Waals surface area contributed by atoms with Gasteiger partial charge in [-0.2, -0.15) is 5.26 Å². The van der Waals surface area contributed by atoms with Gasteiger partial charge in [-0.1, -0.05) is 61.0 Å². The average molecular weight is 508 g/mol. The number of aliphatic hydroxyl groups excluding tert-OH is 1. The van der Waals surface area contributed by atoms with Crippen molar-refractivity contribution in [3.8, 4) is 17.2 Å². The first kappa shape index (κ1) is 25.3. The summed E-state index contributed by atoms with van der Waals surface area (Å²) in [5, 5.41) is 30.0. The summed E-state index contributed by atoms with van der Waals surface area (Å²) >= 11 is 0. The highest BCUT2D eigenvalue weighted by molar-refractivity contribution is 5.97. The molecule has 4 nitrogen and oxygen atoms in total. The van der Waals surface area contributed by atoms with E-state index in [1.807, 2.05) is 36.4 Å². The van der Waals surface area contributed by atoms with Crippen molar-refractivity contribution in [3.63, 3.8) is 0 Å². The predicted octanol–water partition coefficient (Wildman–Crippen LogP) is 6.34. The van der Waals surface area contributed by atoms with Gasteiger partial charge in [0.1, 0.15) is 0 Å². The van der Waals surface area contributed by atoms with Crippen molar-refractivity contribution in [1.82, 2.24) is 0 Å². The summed E-state index contributed by atoms with van der Waals surface area (Å²) in [6.45, 7) is 2.24. The molecule has 0 aliphatic heterocycles. The Balaban J connectivity index is 1.22. The molecular weight excluding hydrogens is 470 g/mol. The van der Waals surface area contributed by atoms with Crippen LogP contribution in [0.1, 0.15) is 68.9 Å². The van der Waals surface area contributed by atoms with E-state index in [-0.39, 0.29) is 23.7 Å². The molecule has 0 heterocycles. The molecule has 0 amide bonds. The molecule has 3 fully saturated rings. The first-order valence-electron chi connectivity index (χ1n) is 14.2. The largest absolute Gasteiger partial charge is 0.392 e. The number of benzene rings is 2. The summed E-state index contributed by atoms with van der Waals surface area (Å²) in [4.78, 5) is 13.3. The van der Waals surface area contributed by atoms with Crippen LogP contribution in [0.5, 0.6) is 0 Å². The zero-order valence-corrected chi connectivity index (χ0v) is 22.1. The second-order valence-corrected chi connectivity index (χ2v) is 12.3. The van der Waals surface area contributed by atoms with Gasteiger partial charge in [0, 0.05) is 11.3 Å². The summed E-state index contributed by atoms with van der Waals surface area (Å²) < 4.78 is 0. The minimum Gasteiger partial charge on any atom is -0.392 e. The lowest BCUT2D eigenvalue weighted by atomic mass is 9.50. The third-order valence-corrected chi connectivity index (χ3v) is 10.8. The van der Waals surface area contributed by atoms with Crippen LogP contribution in [0.2, 0.25) is 0 Å². The summed E-state index contributed by atoms with van der Waals surface area (Å²) in [5.74, 6) is 2.23. The van der Waals surface area contributed by atoms with Crippen LogP contribution in [0.25, 0.3) is 11.1 Å². The van der Waals surface area contributed by atoms with E-state index < -0.39 is 5.60 Å². The van der Waals surface area contributed by atoms with Gasteiger partial charge >= 0.3 is 0 Å². The third kappa shape index (κ3) is 3.99. The third-order valence-electron chi connectivity index (χ3n) is 10.8. The number of nitriles is 1. The quantitative estimate of drug-likeness (QED) is 0.473. The maximum Gasteiger partial charge on any atom is 0.163 e. The minimum atomic E-state index is -0.830. The number of fused-ring (bicyclic) bond motifs is 5. The van der Waals surface area contributed by atoms with Gasteiger partial charge in [0.05, 0.1) is 23.8 Å². The molecule has 2 aromatic rings. The van der Waals surface area contributed by atoms with Gasteiger partial charge in [-0.05, 0) is 104 Å². The highest BCUT2D eigenvalue weighted by Gasteiger charge is 2.61. The molecule has 1 unspecified atom stereocenters. The Morgan fingerprint density at radius 3 is 2.39 bits per heavy atom. The van der Waals surface area contributed by atoms with Gasteiger partial charge in [0.25, 0.3) is 0 Å². The van der Waals surface area contributed by atoms with Crippen molar-refractivity contribution in [2.24, 2.45) is 29.1 Å². The Kier molecular flexibility index (Phi) is 6.41. The zero-order valence-electron chi connectivity index (χ0n) is 22.1. The molecule has 4 heteroatoms. The molecule has 7 atom stereocenters. The van der Waals surface area contributed by atoms with Crippen LogP contribution in [0.15, 0.2) is 72.3 Å². The number of carbonyl (C=O) groups excluding carboxylic acids is 1. The minimum absolute atomic E-state index is 0.0325. The monoisotopic (exact) mass is 507 g/mol. The first-order chi connectivity index (χ1) is 18.4. The van der Waals surface area contributed by atoms with Crippen molar-refractivity contribution < 1.29 is 15.0 Å². The number of nitrogens with zero attached hydrogens (tertiary/aromatic N) is 1. The Hall–Kier alpha value is -3.00. The second kappa shape index (κ2) is 9.63. The van der Waals surface area contributed by atoms with Crippen LogP contribution in [-0.2, 0) is 4.79 Å². The molecular formula is C34H37NO3. The number of ketones is 1. The number of aliphatic hydroxyl groups is 2. The first-order valence-corrected chi connectivity index (χ1v) is 14.2. The highest BCUT2D eigenvalue weighted by Crippen LogP contribution is 2.65. The van der Waals surface area contributed by atoms with Crippen molar-refractivity contribution in [1.29, 1.82) is 5.26 Å². The molecule has 4 aliphatic rings. The molecule has 196 valence electrons. The van der Waals surface area contributed by atoms with Crippen LogP contribution >= 0.6 is 0 Å². The van der Waals surface area contributed by atoms with E-state index in [4.69, 9.17) is 5.26 Å². The van der Waals surface area contributed by atoms with Crippen LogP contribution in [-0.4, -0.2) is 28.2 Å². The molecule has 4 aliphatic carbocycles. The van der Waals surface area contributed by atoms with Crippen LogP contribution in [0.3, 0.4) is 0 Å². The second-order valence-electron chi connectivity index (χ2n) is 12.3. The SMILES string of the molecule is C[C@]12CC[C@H]3[C@@H](CCC4=CC(=O)C(c5ccc(-c6ccc(C#N)cc6)cc5)C[C@@H]43)[C@@H]1CC[C@@]2(O)/C=C\CO. The summed E-state index contributed by atoms with van der Waals surface area (Å²) in [6.07, 6.45) is 12.5. The Morgan fingerprint density at radius 2 is 1.71 bits per heavy atom. The van der Waals surface area contributed by atoms with Crippen molar-refractivity contribution in [3.05, 3.63) is 83.5 Å². The summed E-state index contributed by atoms with van der Waals surface area (Å²) in [7, 11) is 0. The maximum atomic E-state index is 13.3. The smallest absolute Gasteiger partial charge is 0.163 e. The molecule has 2 N–H and O–H groups in total. The normalized spacial score (nSPS) is 36.2. The molecule has 38 heavy (non-hydrogen) atoms. The van der Waals surface area contributed by atoms with Crippen molar-refractivity contribution in [2.75, 3.05) is 6.61 Å². The molecule has 0 saturated heterocycles. The fourth-order valence-electron chi connectivity index (χ4n) is 8.70. The van der Waals surface area contributed by atoms with Crippen molar-refractivity contribution in [2.45, 2.75) is 63.4 Å². The standard InChI is InChI=1S/C34H37NO3/c1-33-16-13-27-28(31(33)14-17-34(33,38)15-2-18-36)12-11-26-19-32(37)30(20-29(26)27)25-9-7-24(8-10-25)23-5-3-22(21-35)4-6-23/h2-10,15,19,27-31,36,38H,11-14,16-18,20H2,1H3/b15-2-/t27-,28+,29-,30?,31-,33-,34-/m0/s1. The number of hydrogen-bond acceptors (Lipinski definition) is 4. The van der Waals surface area contributed by atoms with Crippen LogP contribution < -0.4 is 0 Å². The lowest BCUT2D eigenvalue weighted by molar-refractivity contribution is -0.118. The topological polar surface area (TPSA) is 81.3 Å². The molecule has 3 saturated carbocycles. The van der Waals surface area contributed by atoms with Gasteiger partial charge in [0.15, 0.2) is 5.78 Å². The highest BCUT2D eigenvalue weighted by atomic mass is 16.3. The number of rotatable bonds is 4. The van der Waals surface area contributed by atoms with E-state index in [0.717, 1.165) is 61.6 Å². The van der Waals surface area contributed by atoms with E-state index >= 15 is 0 Å². The van der Waals surface area contributed by atoms with Crippen LogP contribution in [0, 0.1) is 40.4 Å².